The number of hydrogen-bond acceptors (Lipinski definition) is 3. The fourth-order valence-electron chi connectivity index (χ4n) is 4.44. The average molecular weight is 326 g/mol. The number of aryl methyl sites for hydroxylation is 1. The van der Waals surface area contributed by atoms with E-state index in [9.17, 15) is 4.79 Å². The fraction of sp³-hybridized carbons (Fsp3) is 0.579. The first-order valence-corrected chi connectivity index (χ1v) is 8.96. The van der Waals surface area contributed by atoms with Gasteiger partial charge in [0.05, 0.1) is 5.69 Å². The molecule has 2 aliphatic rings. The van der Waals surface area contributed by atoms with Gasteiger partial charge in [-0.05, 0) is 30.4 Å². The first-order chi connectivity index (χ1) is 11.5. The van der Waals surface area contributed by atoms with Crippen molar-refractivity contribution in [2.24, 2.45) is 18.9 Å². The highest BCUT2D eigenvalue weighted by Crippen LogP contribution is 2.36. The molecule has 4 heterocycles. The Morgan fingerprint density at radius 1 is 1.25 bits per heavy atom. The summed E-state index contributed by atoms with van der Waals surface area (Å²) in [5.74, 6) is 1.76. The number of piperidine rings is 1. The Hall–Kier alpha value is -1.88. The Morgan fingerprint density at radius 3 is 2.79 bits per heavy atom. The van der Waals surface area contributed by atoms with E-state index in [4.69, 9.17) is 0 Å². The maximum absolute atomic E-state index is 12.7. The topological polar surface area (TPSA) is 43.1 Å². The van der Waals surface area contributed by atoms with Crippen molar-refractivity contribution in [3.8, 4) is 11.3 Å². The van der Waals surface area contributed by atoms with Crippen LogP contribution in [0.15, 0.2) is 29.2 Å². The zero-order valence-electron chi connectivity index (χ0n) is 14.8. The molecule has 0 saturated carbocycles. The van der Waals surface area contributed by atoms with Crippen LogP contribution in [0.4, 0.5) is 0 Å². The lowest BCUT2D eigenvalue weighted by molar-refractivity contribution is 0.109. The maximum atomic E-state index is 12.7. The monoisotopic (exact) mass is 326 g/mol. The minimum Gasteiger partial charge on any atom is -0.312 e. The van der Waals surface area contributed by atoms with Gasteiger partial charge in [-0.3, -0.25) is 9.48 Å². The van der Waals surface area contributed by atoms with Crippen LogP contribution >= 0.6 is 0 Å². The van der Waals surface area contributed by atoms with Crippen LogP contribution in [-0.2, 0) is 13.6 Å². The van der Waals surface area contributed by atoms with Crippen molar-refractivity contribution in [1.82, 2.24) is 19.2 Å². The van der Waals surface area contributed by atoms with Gasteiger partial charge in [-0.2, -0.15) is 5.10 Å². The third-order valence-corrected chi connectivity index (χ3v) is 5.26. The highest BCUT2D eigenvalue weighted by atomic mass is 16.1. The van der Waals surface area contributed by atoms with Crippen LogP contribution in [0.2, 0.25) is 0 Å². The predicted molar refractivity (Wildman–Crippen MR) is 95.0 cm³/mol. The fourth-order valence-corrected chi connectivity index (χ4v) is 4.44. The van der Waals surface area contributed by atoms with Crippen LogP contribution < -0.4 is 5.56 Å². The zero-order valence-corrected chi connectivity index (χ0v) is 14.8. The van der Waals surface area contributed by atoms with Gasteiger partial charge in [0.15, 0.2) is 0 Å². The van der Waals surface area contributed by atoms with Gasteiger partial charge in [0, 0.05) is 62.7 Å². The molecule has 5 heteroatoms. The summed E-state index contributed by atoms with van der Waals surface area (Å²) in [5, 5.41) is 4.46. The summed E-state index contributed by atoms with van der Waals surface area (Å²) in [6.07, 6.45) is 3.13. The molecule has 5 nitrogen and oxygen atoms in total. The van der Waals surface area contributed by atoms with Crippen molar-refractivity contribution in [3.05, 3.63) is 40.4 Å². The van der Waals surface area contributed by atoms with Crippen molar-refractivity contribution in [2.45, 2.75) is 32.7 Å². The molecule has 0 N–H and O–H groups in total. The number of hydrogen-bond donors (Lipinski definition) is 0. The first kappa shape index (κ1) is 15.6. The molecule has 0 aromatic carbocycles. The highest BCUT2D eigenvalue weighted by Gasteiger charge is 2.35. The third kappa shape index (κ3) is 2.81. The van der Waals surface area contributed by atoms with E-state index in [1.807, 2.05) is 23.9 Å². The second-order valence-electron chi connectivity index (χ2n) is 7.90. The SMILES string of the molecule is CC(C)CN1C[C@@H]2C[C@H](C1)c1cc(-c3ccn(C)n3)cc(=O)n1C2. The van der Waals surface area contributed by atoms with E-state index in [2.05, 4.69) is 29.9 Å². The van der Waals surface area contributed by atoms with Gasteiger partial charge in [0.1, 0.15) is 0 Å². The Balaban J connectivity index is 1.71. The van der Waals surface area contributed by atoms with Crippen LogP contribution in [0.5, 0.6) is 0 Å². The molecule has 0 radical (unpaired) electrons. The molecule has 1 fully saturated rings. The molecule has 4 rings (SSSR count). The van der Waals surface area contributed by atoms with E-state index in [1.54, 1.807) is 10.7 Å². The quantitative estimate of drug-likeness (QED) is 0.869. The smallest absolute Gasteiger partial charge is 0.251 e. The number of fused-ring (bicyclic) bond motifs is 4. The Morgan fingerprint density at radius 2 is 2.08 bits per heavy atom. The summed E-state index contributed by atoms with van der Waals surface area (Å²) in [6.45, 7) is 8.77. The number of nitrogens with zero attached hydrogens (tertiary/aromatic N) is 4. The van der Waals surface area contributed by atoms with Crippen LogP contribution in [0.1, 0.15) is 31.9 Å². The van der Waals surface area contributed by atoms with Crippen molar-refractivity contribution in [2.75, 3.05) is 19.6 Å². The second-order valence-corrected chi connectivity index (χ2v) is 7.90. The molecule has 0 unspecified atom stereocenters. The van der Waals surface area contributed by atoms with E-state index in [0.29, 0.717) is 17.8 Å². The Bertz CT molecular complexity index is 804. The standard InChI is InChI=1S/C19H26N4O/c1-13(2)9-22-10-14-6-16(12-22)18-7-15(8-19(24)23(18)11-14)17-4-5-21(3)20-17/h4-5,7-8,13-14,16H,6,9-12H2,1-3H3/t14-,16+/m0/s1. The molecule has 0 amide bonds. The van der Waals surface area contributed by atoms with Gasteiger partial charge < -0.3 is 9.47 Å². The van der Waals surface area contributed by atoms with Crippen molar-refractivity contribution < 1.29 is 0 Å². The predicted octanol–water partition coefficient (Wildman–Crippen LogP) is 2.32. The summed E-state index contributed by atoms with van der Waals surface area (Å²) in [4.78, 5) is 15.3. The average Bonchev–Trinajstić information content (AvgIpc) is 2.94. The minimum absolute atomic E-state index is 0.125. The van der Waals surface area contributed by atoms with Crippen LogP contribution in [0.25, 0.3) is 11.3 Å². The molecule has 2 aromatic heterocycles. The van der Waals surface area contributed by atoms with Crippen molar-refractivity contribution >= 4 is 0 Å². The highest BCUT2D eigenvalue weighted by molar-refractivity contribution is 5.59. The van der Waals surface area contributed by atoms with Crippen molar-refractivity contribution in [3.63, 3.8) is 0 Å². The molecule has 2 bridgehead atoms. The van der Waals surface area contributed by atoms with Gasteiger partial charge in [0.25, 0.3) is 5.56 Å². The molecule has 2 aliphatic heterocycles. The third-order valence-electron chi connectivity index (χ3n) is 5.26. The molecular formula is C19H26N4O. The van der Waals surface area contributed by atoms with Gasteiger partial charge in [-0.25, -0.2) is 0 Å². The normalized spacial score (nSPS) is 23.5. The Labute approximate surface area is 142 Å². The lowest BCUT2D eigenvalue weighted by Crippen LogP contribution is -2.48. The number of pyridine rings is 1. The molecule has 2 atom stereocenters. The van der Waals surface area contributed by atoms with Crippen LogP contribution in [0.3, 0.4) is 0 Å². The van der Waals surface area contributed by atoms with Crippen molar-refractivity contribution in [1.29, 1.82) is 0 Å². The van der Waals surface area contributed by atoms with E-state index in [-0.39, 0.29) is 5.56 Å². The Kier molecular flexibility index (Phi) is 3.83. The molecule has 2 aromatic rings. The van der Waals surface area contributed by atoms with E-state index < -0.39 is 0 Å². The molecule has 1 saturated heterocycles. The van der Waals surface area contributed by atoms with E-state index in [0.717, 1.165) is 37.4 Å². The minimum atomic E-state index is 0.125. The van der Waals surface area contributed by atoms with E-state index in [1.165, 1.54) is 12.1 Å². The largest absolute Gasteiger partial charge is 0.312 e. The number of rotatable bonds is 3. The molecule has 24 heavy (non-hydrogen) atoms. The summed E-state index contributed by atoms with van der Waals surface area (Å²) >= 11 is 0. The van der Waals surface area contributed by atoms with Gasteiger partial charge in [-0.1, -0.05) is 13.8 Å². The first-order valence-electron chi connectivity index (χ1n) is 8.96. The second kappa shape index (κ2) is 5.88. The van der Waals surface area contributed by atoms with Gasteiger partial charge in [0.2, 0.25) is 0 Å². The summed E-state index contributed by atoms with van der Waals surface area (Å²) in [6, 6.07) is 5.92. The van der Waals surface area contributed by atoms with Crippen LogP contribution in [0, 0.1) is 11.8 Å². The molecule has 0 aliphatic carbocycles. The number of aromatic nitrogens is 3. The van der Waals surface area contributed by atoms with Gasteiger partial charge in [-0.15, -0.1) is 0 Å². The maximum Gasteiger partial charge on any atom is 0.251 e. The molecular weight excluding hydrogens is 300 g/mol. The van der Waals surface area contributed by atoms with Gasteiger partial charge >= 0.3 is 0 Å². The zero-order chi connectivity index (χ0) is 16.8. The molecule has 128 valence electrons. The lowest BCUT2D eigenvalue weighted by Gasteiger charge is -2.43. The van der Waals surface area contributed by atoms with Crippen LogP contribution in [-0.4, -0.2) is 38.9 Å². The summed E-state index contributed by atoms with van der Waals surface area (Å²) in [7, 11) is 1.91. The lowest BCUT2D eigenvalue weighted by atomic mass is 9.82. The summed E-state index contributed by atoms with van der Waals surface area (Å²) < 4.78 is 3.80. The van der Waals surface area contributed by atoms with E-state index >= 15 is 0 Å². The summed E-state index contributed by atoms with van der Waals surface area (Å²) in [5.41, 5.74) is 3.16. The molecule has 0 spiro atoms. The number of likely N-dealkylation sites (tertiary alicyclic amines) is 1.